The fraction of sp³-hybridized carbons (Fsp3) is 0.583. The molecule has 0 aliphatic carbocycles. The number of hydrogen-bond acceptors (Lipinski definition) is 4. The molecule has 7 heteroatoms. The Bertz CT molecular complexity index is 454. The zero-order valence-corrected chi connectivity index (χ0v) is 11.1. The maximum atomic E-state index is 11.8. The summed E-state index contributed by atoms with van der Waals surface area (Å²) in [5.74, 6) is -0.574. The van der Waals surface area contributed by atoms with Crippen LogP contribution < -0.4 is 5.32 Å². The van der Waals surface area contributed by atoms with Gasteiger partial charge < -0.3 is 20.5 Å². The highest BCUT2D eigenvalue weighted by Gasteiger charge is 2.21. The summed E-state index contributed by atoms with van der Waals surface area (Å²) in [7, 11) is 0. The van der Waals surface area contributed by atoms with Crippen molar-refractivity contribution in [3.63, 3.8) is 0 Å². The molecule has 0 radical (unpaired) electrons. The fourth-order valence-electron chi connectivity index (χ4n) is 1.68. The molecule has 19 heavy (non-hydrogen) atoms. The van der Waals surface area contributed by atoms with Crippen molar-refractivity contribution in [1.82, 2.24) is 10.3 Å². The third kappa shape index (κ3) is 4.70. The smallest absolute Gasteiger partial charge is 0.321 e. The van der Waals surface area contributed by atoms with Crippen LogP contribution in [0.15, 0.2) is 12.1 Å². The molecule has 1 aromatic rings. The van der Waals surface area contributed by atoms with Crippen molar-refractivity contribution >= 4 is 11.7 Å². The Balaban J connectivity index is 2.52. The molecular weight excluding hydrogens is 250 g/mol. The molecule has 0 unspecified atom stereocenters. The summed E-state index contributed by atoms with van der Waals surface area (Å²) in [6, 6.07) is 2.64. The third-order valence-electron chi connectivity index (χ3n) is 2.85. The van der Waals surface area contributed by atoms with Crippen LogP contribution in [0.25, 0.3) is 0 Å². The molecule has 0 aromatic carbocycles. The van der Waals surface area contributed by atoms with Gasteiger partial charge in [-0.15, -0.1) is 0 Å². The van der Waals surface area contributed by atoms with E-state index in [0.717, 1.165) is 6.42 Å². The molecule has 0 bridgehead atoms. The zero-order valence-electron chi connectivity index (χ0n) is 11.1. The highest BCUT2D eigenvalue weighted by Crippen LogP contribution is 2.21. The molecule has 1 rings (SSSR count). The number of nitrogens with one attached hydrogen (secondary N) is 2. The summed E-state index contributed by atoms with van der Waals surface area (Å²) in [4.78, 5) is 24.1. The van der Waals surface area contributed by atoms with E-state index in [9.17, 15) is 14.9 Å². The third-order valence-corrected chi connectivity index (χ3v) is 2.85. The Labute approximate surface area is 111 Å². The Morgan fingerprint density at radius 1 is 1.53 bits per heavy atom. The van der Waals surface area contributed by atoms with Crippen LogP contribution in [0.4, 0.5) is 5.82 Å². The fourth-order valence-corrected chi connectivity index (χ4v) is 1.68. The predicted molar refractivity (Wildman–Crippen MR) is 69.9 cm³/mol. The summed E-state index contributed by atoms with van der Waals surface area (Å²) in [5.41, 5.74) is 0.0429. The van der Waals surface area contributed by atoms with Crippen molar-refractivity contribution in [1.29, 1.82) is 0 Å². The molecule has 7 nitrogen and oxygen atoms in total. The second-order valence-electron chi connectivity index (χ2n) is 5.19. The highest BCUT2D eigenvalue weighted by atomic mass is 16.6. The van der Waals surface area contributed by atoms with E-state index in [1.807, 2.05) is 13.8 Å². The molecule has 3 N–H and O–H groups in total. The van der Waals surface area contributed by atoms with Crippen molar-refractivity contribution in [2.45, 2.75) is 26.7 Å². The van der Waals surface area contributed by atoms with E-state index in [4.69, 9.17) is 5.11 Å². The van der Waals surface area contributed by atoms with Gasteiger partial charge in [-0.3, -0.25) is 4.79 Å². The minimum absolute atomic E-state index is 0.125. The van der Waals surface area contributed by atoms with Gasteiger partial charge >= 0.3 is 5.82 Å². The van der Waals surface area contributed by atoms with Crippen LogP contribution in [0.1, 0.15) is 37.2 Å². The largest absolute Gasteiger partial charge is 0.396 e. The Hall–Kier alpha value is -1.89. The first kappa shape index (κ1) is 15.2. The van der Waals surface area contributed by atoms with Crippen molar-refractivity contribution in [3.8, 4) is 0 Å². The van der Waals surface area contributed by atoms with Gasteiger partial charge in [0.1, 0.15) is 0 Å². The zero-order chi connectivity index (χ0) is 14.5. The van der Waals surface area contributed by atoms with Crippen molar-refractivity contribution in [3.05, 3.63) is 27.9 Å². The molecular formula is C12H19N3O4. The number of carbonyl (C=O) groups excluding carboxylic acids is 1. The monoisotopic (exact) mass is 269 g/mol. The lowest BCUT2D eigenvalue weighted by Gasteiger charge is -2.24. The van der Waals surface area contributed by atoms with E-state index >= 15 is 0 Å². The molecule has 0 atom stereocenters. The van der Waals surface area contributed by atoms with Gasteiger partial charge in [0.05, 0.1) is 0 Å². The van der Waals surface area contributed by atoms with Crippen LogP contribution in [-0.4, -0.2) is 34.1 Å². The number of H-pyrrole nitrogens is 1. The lowest BCUT2D eigenvalue weighted by atomic mass is 9.88. The van der Waals surface area contributed by atoms with E-state index in [-0.39, 0.29) is 29.4 Å². The van der Waals surface area contributed by atoms with Crippen molar-refractivity contribution in [2.75, 3.05) is 13.2 Å². The van der Waals surface area contributed by atoms with Crippen molar-refractivity contribution in [2.24, 2.45) is 5.41 Å². The number of amides is 1. The van der Waals surface area contributed by atoms with Gasteiger partial charge in [-0.25, -0.2) is 4.98 Å². The minimum atomic E-state index is -0.581. The molecule has 0 saturated heterocycles. The van der Waals surface area contributed by atoms with Crippen LogP contribution in [0.2, 0.25) is 0 Å². The van der Waals surface area contributed by atoms with E-state index in [2.05, 4.69) is 10.3 Å². The van der Waals surface area contributed by atoms with Gasteiger partial charge in [-0.2, -0.15) is 0 Å². The molecule has 1 amide bonds. The van der Waals surface area contributed by atoms with Crippen molar-refractivity contribution < 1.29 is 14.8 Å². The summed E-state index contributed by atoms with van der Waals surface area (Å²) in [6.45, 7) is 4.54. The average Bonchev–Trinajstić information content (AvgIpc) is 2.83. The standard InChI is InChI=1S/C12H19N3O4/c1-12(2,6-3-7-16)8-13-11(17)9-4-5-10(14-9)15(18)19/h4-5,14,16H,3,6-8H2,1-2H3,(H,13,17). The van der Waals surface area contributed by atoms with Crippen LogP contribution in [0.3, 0.4) is 0 Å². The maximum Gasteiger partial charge on any atom is 0.321 e. The second kappa shape index (κ2) is 6.33. The summed E-state index contributed by atoms with van der Waals surface area (Å²) >= 11 is 0. The molecule has 0 aliphatic rings. The Morgan fingerprint density at radius 2 is 2.21 bits per heavy atom. The van der Waals surface area contributed by atoms with E-state index < -0.39 is 4.92 Å². The van der Waals surface area contributed by atoms with Gasteiger partial charge in [0.25, 0.3) is 5.91 Å². The van der Waals surface area contributed by atoms with Gasteiger partial charge in [0, 0.05) is 19.2 Å². The lowest BCUT2D eigenvalue weighted by molar-refractivity contribution is -0.389. The predicted octanol–water partition coefficient (Wildman–Crippen LogP) is 1.45. The number of nitrogens with zero attached hydrogens (tertiary/aromatic N) is 1. The number of hydrogen-bond donors (Lipinski definition) is 3. The number of aliphatic hydroxyl groups is 1. The maximum absolute atomic E-state index is 11.8. The van der Waals surface area contributed by atoms with Crippen LogP contribution >= 0.6 is 0 Å². The molecule has 0 saturated carbocycles. The van der Waals surface area contributed by atoms with Crippen LogP contribution in [0.5, 0.6) is 0 Å². The van der Waals surface area contributed by atoms with Gasteiger partial charge in [0.15, 0.2) is 5.69 Å². The SMILES string of the molecule is CC(C)(CCCO)CNC(=O)c1ccc([N+](=O)[O-])[nH]1. The molecule has 1 heterocycles. The number of carbonyl (C=O) groups is 1. The normalized spacial score (nSPS) is 11.3. The average molecular weight is 269 g/mol. The number of nitro groups is 1. The highest BCUT2D eigenvalue weighted by molar-refractivity contribution is 5.92. The molecule has 1 aromatic heterocycles. The van der Waals surface area contributed by atoms with Crippen LogP contribution in [-0.2, 0) is 0 Å². The quantitative estimate of drug-likeness (QED) is 0.514. The van der Waals surface area contributed by atoms with E-state index in [0.29, 0.717) is 13.0 Å². The number of rotatable bonds is 7. The number of aromatic nitrogens is 1. The van der Waals surface area contributed by atoms with E-state index in [1.165, 1.54) is 12.1 Å². The second-order valence-corrected chi connectivity index (χ2v) is 5.19. The van der Waals surface area contributed by atoms with Gasteiger partial charge in [-0.05, 0) is 29.2 Å². The number of aliphatic hydroxyl groups excluding tert-OH is 1. The van der Waals surface area contributed by atoms with Crippen LogP contribution in [0, 0.1) is 15.5 Å². The first-order chi connectivity index (χ1) is 8.85. The topological polar surface area (TPSA) is 108 Å². The van der Waals surface area contributed by atoms with Gasteiger partial charge in [-0.1, -0.05) is 13.8 Å². The first-order valence-electron chi connectivity index (χ1n) is 6.08. The summed E-state index contributed by atoms with van der Waals surface area (Å²) in [6.07, 6.45) is 1.46. The first-order valence-corrected chi connectivity index (χ1v) is 6.08. The summed E-state index contributed by atoms with van der Waals surface area (Å²) < 4.78 is 0. The molecule has 0 spiro atoms. The Kier molecular flexibility index (Phi) is 5.05. The minimum Gasteiger partial charge on any atom is -0.396 e. The van der Waals surface area contributed by atoms with Gasteiger partial charge in [0.2, 0.25) is 0 Å². The molecule has 0 fully saturated rings. The lowest BCUT2D eigenvalue weighted by Crippen LogP contribution is -2.34. The molecule has 0 aliphatic heterocycles. The van der Waals surface area contributed by atoms with E-state index in [1.54, 1.807) is 0 Å². The summed E-state index contributed by atoms with van der Waals surface area (Å²) in [5, 5.41) is 22.0. The molecule has 106 valence electrons. The number of aromatic amines is 1. The Morgan fingerprint density at radius 3 is 2.74 bits per heavy atom.